The van der Waals surface area contributed by atoms with Gasteiger partial charge in [0.05, 0.1) is 12.8 Å². The fraction of sp³-hybridized carbons (Fsp3) is 0.444. The predicted octanol–water partition coefficient (Wildman–Crippen LogP) is 1.85. The average Bonchev–Trinajstić information content (AvgIpc) is 3.16. The van der Waals surface area contributed by atoms with Crippen LogP contribution in [0.5, 0.6) is 5.75 Å². The third-order valence-corrected chi connectivity index (χ3v) is 4.78. The summed E-state index contributed by atoms with van der Waals surface area (Å²) in [6.07, 6.45) is 5.46. The zero-order chi connectivity index (χ0) is 16.5. The first-order chi connectivity index (χ1) is 11.7. The fourth-order valence-corrected chi connectivity index (χ4v) is 3.26. The van der Waals surface area contributed by atoms with Crippen LogP contribution in [0.15, 0.2) is 36.5 Å². The summed E-state index contributed by atoms with van der Waals surface area (Å²) < 4.78 is 6.86. The van der Waals surface area contributed by atoms with Gasteiger partial charge in [0, 0.05) is 31.4 Å². The Hall–Kier alpha value is -2.34. The molecular weight excluding hydrogens is 304 g/mol. The highest BCUT2D eigenvalue weighted by atomic mass is 16.5. The second-order valence-electron chi connectivity index (χ2n) is 6.53. The van der Waals surface area contributed by atoms with E-state index in [4.69, 9.17) is 4.74 Å². The van der Waals surface area contributed by atoms with Crippen molar-refractivity contribution >= 4 is 5.91 Å². The standard InChI is InChI=1S/C18H22N4O2/c1-24-16-6-4-15(5-7-16)22-11-9-17(20-22)18(23)19-13-8-10-21(12-13)14-2-3-14/h4-7,9,11,13-14H,2-3,8,10,12H2,1H3,(H,19,23)/t13-/m1/s1. The molecule has 1 aliphatic carbocycles. The number of amides is 1. The lowest BCUT2D eigenvalue weighted by Gasteiger charge is -2.15. The van der Waals surface area contributed by atoms with Crippen molar-refractivity contribution < 1.29 is 9.53 Å². The number of ether oxygens (including phenoxy) is 1. The quantitative estimate of drug-likeness (QED) is 0.911. The van der Waals surface area contributed by atoms with E-state index >= 15 is 0 Å². The molecule has 24 heavy (non-hydrogen) atoms. The summed E-state index contributed by atoms with van der Waals surface area (Å²) >= 11 is 0. The summed E-state index contributed by atoms with van der Waals surface area (Å²) in [5.74, 6) is 0.704. The first-order valence-electron chi connectivity index (χ1n) is 8.48. The highest BCUT2D eigenvalue weighted by molar-refractivity contribution is 5.92. The monoisotopic (exact) mass is 326 g/mol. The van der Waals surface area contributed by atoms with E-state index in [0.29, 0.717) is 5.69 Å². The van der Waals surface area contributed by atoms with Gasteiger partial charge in [0.2, 0.25) is 0 Å². The number of likely N-dealkylation sites (tertiary alicyclic amines) is 1. The number of nitrogens with zero attached hydrogens (tertiary/aromatic N) is 3. The van der Waals surface area contributed by atoms with Crippen LogP contribution < -0.4 is 10.1 Å². The molecule has 2 aliphatic rings. The van der Waals surface area contributed by atoms with Crippen LogP contribution in [0.25, 0.3) is 5.69 Å². The van der Waals surface area contributed by atoms with Gasteiger partial charge in [-0.2, -0.15) is 5.10 Å². The summed E-state index contributed by atoms with van der Waals surface area (Å²) in [7, 11) is 1.64. The van der Waals surface area contributed by atoms with E-state index in [0.717, 1.165) is 37.0 Å². The smallest absolute Gasteiger partial charge is 0.272 e. The van der Waals surface area contributed by atoms with Gasteiger partial charge in [-0.1, -0.05) is 0 Å². The molecule has 1 aromatic heterocycles. The van der Waals surface area contributed by atoms with Crippen LogP contribution in [-0.2, 0) is 0 Å². The number of nitrogens with one attached hydrogen (secondary N) is 1. The SMILES string of the molecule is COc1ccc(-n2ccc(C(=O)N[C@@H]3CCN(C4CC4)C3)n2)cc1. The Morgan fingerprint density at radius 1 is 1.21 bits per heavy atom. The van der Waals surface area contributed by atoms with E-state index in [1.54, 1.807) is 17.9 Å². The molecule has 0 unspecified atom stereocenters. The molecule has 6 nitrogen and oxygen atoms in total. The van der Waals surface area contributed by atoms with E-state index < -0.39 is 0 Å². The molecule has 1 aromatic carbocycles. The van der Waals surface area contributed by atoms with E-state index in [9.17, 15) is 4.79 Å². The first-order valence-corrected chi connectivity index (χ1v) is 8.48. The molecule has 2 aromatic rings. The Balaban J connectivity index is 1.39. The fourth-order valence-electron chi connectivity index (χ4n) is 3.26. The average molecular weight is 326 g/mol. The van der Waals surface area contributed by atoms with Gasteiger partial charge in [-0.25, -0.2) is 4.68 Å². The topological polar surface area (TPSA) is 59.4 Å². The third kappa shape index (κ3) is 3.14. The molecule has 2 fully saturated rings. The number of carbonyl (C=O) groups is 1. The minimum Gasteiger partial charge on any atom is -0.497 e. The number of aromatic nitrogens is 2. The molecule has 126 valence electrons. The van der Waals surface area contributed by atoms with Crippen molar-refractivity contribution in [3.63, 3.8) is 0 Å². The van der Waals surface area contributed by atoms with Gasteiger partial charge in [0.1, 0.15) is 5.75 Å². The Labute approximate surface area is 141 Å². The number of carbonyl (C=O) groups excluding carboxylic acids is 1. The van der Waals surface area contributed by atoms with Crippen LogP contribution in [0.1, 0.15) is 29.8 Å². The van der Waals surface area contributed by atoms with Crippen molar-refractivity contribution in [3.05, 3.63) is 42.2 Å². The van der Waals surface area contributed by atoms with Crippen molar-refractivity contribution in [1.82, 2.24) is 20.0 Å². The van der Waals surface area contributed by atoms with Gasteiger partial charge in [0.25, 0.3) is 5.91 Å². The molecule has 1 atom stereocenters. The van der Waals surface area contributed by atoms with Gasteiger partial charge >= 0.3 is 0 Å². The minimum atomic E-state index is -0.0927. The number of rotatable bonds is 5. The number of benzene rings is 1. The highest BCUT2D eigenvalue weighted by Gasteiger charge is 2.34. The summed E-state index contributed by atoms with van der Waals surface area (Å²) in [6, 6.07) is 10.3. The molecule has 6 heteroatoms. The van der Waals surface area contributed by atoms with Crippen molar-refractivity contribution in [1.29, 1.82) is 0 Å². The van der Waals surface area contributed by atoms with Crippen molar-refractivity contribution in [2.24, 2.45) is 0 Å². The Morgan fingerprint density at radius 3 is 2.71 bits per heavy atom. The first kappa shape index (κ1) is 15.2. The number of hydrogen-bond acceptors (Lipinski definition) is 4. The zero-order valence-electron chi connectivity index (χ0n) is 13.8. The van der Waals surface area contributed by atoms with E-state index in [-0.39, 0.29) is 11.9 Å². The maximum absolute atomic E-state index is 12.4. The van der Waals surface area contributed by atoms with E-state index in [1.807, 2.05) is 30.5 Å². The summed E-state index contributed by atoms with van der Waals surface area (Å²) in [5, 5.41) is 7.51. The second-order valence-corrected chi connectivity index (χ2v) is 6.53. The van der Waals surface area contributed by atoms with Gasteiger partial charge in [-0.05, 0) is 49.6 Å². The molecule has 4 rings (SSSR count). The lowest BCUT2D eigenvalue weighted by Crippen LogP contribution is -2.37. The minimum absolute atomic E-state index is 0.0927. The maximum atomic E-state index is 12.4. The van der Waals surface area contributed by atoms with Crippen LogP contribution >= 0.6 is 0 Å². The van der Waals surface area contributed by atoms with Crippen LogP contribution in [-0.4, -0.2) is 52.9 Å². The number of methoxy groups -OCH3 is 1. The molecular formula is C18H22N4O2. The summed E-state index contributed by atoms with van der Waals surface area (Å²) in [4.78, 5) is 14.9. The van der Waals surface area contributed by atoms with Crippen LogP contribution in [0.2, 0.25) is 0 Å². The molecule has 2 heterocycles. The van der Waals surface area contributed by atoms with Gasteiger partial charge in [-0.15, -0.1) is 0 Å². The second kappa shape index (κ2) is 6.28. The molecule has 0 bridgehead atoms. The van der Waals surface area contributed by atoms with E-state index in [1.165, 1.54) is 12.8 Å². The van der Waals surface area contributed by atoms with Gasteiger partial charge < -0.3 is 10.1 Å². The lowest BCUT2D eigenvalue weighted by atomic mass is 10.2. The largest absolute Gasteiger partial charge is 0.497 e. The van der Waals surface area contributed by atoms with Crippen LogP contribution in [0, 0.1) is 0 Å². The molecule has 1 amide bonds. The summed E-state index contributed by atoms with van der Waals surface area (Å²) in [5.41, 5.74) is 1.35. The Bertz CT molecular complexity index is 721. The highest BCUT2D eigenvalue weighted by Crippen LogP contribution is 2.29. The Kier molecular flexibility index (Phi) is 3.98. The molecule has 1 saturated heterocycles. The summed E-state index contributed by atoms with van der Waals surface area (Å²) in [6.45, 7) is 2.06. The predicted molar refractivity (Wildman–Crippen MR) is 90.6 cm³/mol. The molecule has 1 N–H and O–H groups in total. The van der Waals surface area contributed by atoms with Crippen LogP contribution in [0.3, 0.4) is 0 Å². The lowest BCUT2D eigenvalue weighted by molar-refractivity contribution is 0.0932. The van der Waals surface area contributed by atoms with E-state index in [2.05, 4.69) is 15.3 Å². The zero-order valence-corrected chi connectivity index (χ0v) is 13.8. The molecule has 1 aliphatic heterocycles. The Morgan fingerprint density at radius 2 is 2.00 bits per heavy atom. The molecule has 1 saturated carbocycles. The molecule has 0 spiro atoms. The van der Waals surface area contributed by atoms with Crippen molar-refractivity contribution in [3.8, 4) is 11.4 Å². The molecule has 0 radical (unpaired) electrons. The third-order valence-electron chi connectivity index (χ3n) is 4.78. The van der Waals surface area contributed by atoms with Crippen molar-refractivity contribution in [2.75, 3.05) is 20.2 Å². The number of hydrogen-bond donors (Lipinski definition) is 1. The van der Waals surface area contributed by atoms with Crippen molar-refractivity contribution in [2.45, 2.75) is 31.3 Å². The normalized spacial score (nSPS) is 21.0. The van der Waals surface area contributed by atoms with Crippen LogP contribution in [0.4, 0.5) is 0 Å². The van der Waals surface area contributed by atoms with Gasteiger partial charge in [-0.3, -0.25) is 9.69 Å². The van der Waals surface area contributed by atoms with Gasteiger partial charge in [0.15, 0.2) is 5.69 Å². The maximum Gasteiger partial charge on any atom is 0.272 e.